The maximum Gasteiger partial charge on any atom is 0.232 e. The third kappa shape index (κ3) is 2.37. The maximum atomic E-state index is 4.54. The summed E-state index contributed by atoms with van der Waals surface area (Å²) in [5, 5.41) is 17.9. The Morgan fingerprint density at radius 1 is 1.47 bits per heavy atom. The highest BCUT2D eigenvalue weighted by Crippen LogP contribution is 2.39. The van der Waals surface area contributed by atoms with Crippen LogP contribution in [0.4, 0.5) is 0 Å². The minimum Gasteiger partial charge on any atom is -0.311 e. The average Bonchev–Trinajstić information content (AvgIpc) is 2.92. The summed E-state index contributed by atoms with van der Waals surface area (Å²) in [4.78, 5) is 0. The normalized spacial score (nSPS) is 15.4. The second-order valence-electron chi connectivity index (χ2n) is 4.22. The summed E-state index contributed by atoms with van der Waals surface area (Å²) in [5.41, 5.74) is 1.19. The van der Waals surface area contributed by atoms with Crippen LogP contribution in [0.25, 0.3) is 5.13 Å². The molecule has 6 heteroatoms. The fraction of sp³-hybridized carbons (Fsp3) is 0.545. The van der Waals surface area contributed by atoms with Crippen LogP contribution in [0.1, 0.15) is 36.4 Å². The summed E-state index contributed by atoms with van der Waals surface area (Å²) in [6, 6.07) is 2.09. The Bertz CT molecular complexity index is 499. The molecule has 0 aliphatic heterocycles. The van der Waals surface area contributed by atoms with E-state index in [-0.39, 0.29) is 0 Å². The molecule has 0 unspecified atom stereocenters. The zero-order valence-corrected chi connectivity index (χ0v) is 10.6. The summed E-state index contributed by atoms with van der Waals surface area (Å²) in [7, 11) is 0. The van der Waals surface area contributed by atoms with Gasteiger partial charge in [0, 0.05) is 18.7 Å². The lowest BCUT2D eigenvalue weighted by Gasteiger charge is -1.94. The fourth-order valence-electron chi connectivity index (χ4n) is 1.68. The largest absolute Gasteiger partial charge is 0.311 e. The van der Waals surface area contributed by atoms with Gasteiger partial charge in [-0.3, -0.25) is 0 Å². The standard InChI is InChI=1S/C11H15N5S/c1-2-12-7-10-13-14-11(17-10)16-6-5-9(15-16)8-3-4-8/h5-6,8,12H,2-4,7H2,1H3. The first-order valence-corrected chi connectivity index (χ1v) is 6.77. The minimum absolute atomic E-state index is 0.686. The highest BCUT2D eigenvalue weighted by molar-refractivity contribution is 7.13. The monoisotopic (exact) mass is 249 g/mol. The Balaban J connectivity index is 1.75. The molecule has 1 N–H and O–H groups in total. The van der Waals surface area contributed by atoms with Crippen molar-refractivity contribution in [2.75, 3.05) is 6.54 Å². The Morgan fingerprint density at radius 3 is 3.12 bits per heavy atom. The second kappa shape index (κ2) is 4.54. The van der Waals surface area contributed by atoms with Crippen LogP contribution in [0.5, 0.6) is 0 Å². The first-order chi connectivity index (χ1) is 8.36. The van der Waals surface area contributed by atoms with E-state index in [1.54, 1.807) is 11.3 Å². The molecule has 0 saturated heterocycles. The van der Waals surface area contributed by atoms with Gasteiger partial charge in [-0.25, -0.2) is 4.68 Å². The fourth-order valence-corrected chi connectivity index (χ4v) is 2.43. The molecule has 0 amide bonds. The van der Waals surface area contributed by atoms with Gasteiger partial charge in [-0.2, -0.15) is 5.10 Å². The molecule has 1 aliphatic carbocycles. The van der Waals surface area contributed by atoms with E-state index in [1.807, 2.05) is 10.9 Å². The molecule has 2 aromatic heterocycles. The van der Waals surface area contributed by atoms with Crippen molar-refractivity contribution in [1.82, 2.24) is 25.3 Å². The summed E-state index contributed by atoms with van der Waals surface area (Å²) < 4.78 is 1.83. The molecule has 0 aromatic carbocycles. The number of hydrogen-bond donors (Lipinski definition) is 1. The quantitative estimate of drug-likeness (QED) is 0.876. The molecule has 17 heavy (non-hydrogen) atoms. The lowest BCUT2D eigenvalue weighted by molar-refractivity contribution is 0.713. The van der Waals surface area contributed by atoms with Crippen molar-refractivity contribution in [1.29, 1.82) is 0 Å². The van der Waals surface area contributed by atoms with Gasteiger partial charge in [0.15, 0.2) is 0 Å². The Kier molecular flexibility index (Phi) is 2.90. The van der Waals surface area contributed by atoms with Crippen LogP contribution in [0.3, 0.4) is 0 Å². The van der Waals surface area contributed by atoms with Crippen molar-refractivity contribution in [3.8, 4) is 5.13 Å². The minimum atomic E-state index is 0.686. The molecule has 0 radical (unpaired) electrons. The molecular weight excluding hydrogens is 234 g/mol. The van der Waals surface area contributed by atoms with Crippen molar-refractivity contribution in [3.63, 3.8) is 0 Å². The van der Waals surface area contributed by atoms with Gasteiger partial charge in [0.25, 0.3) is 0 Å². The topological polar surface area (TPSA) is 55.6 Å². The van der Waals surface area contributed by atoms with E-state index in [0.29, 0.717) is 5.92 Å². The molecule has 0 bridgehead atoms. The Labute approximate surface area is 104 Å². The zero-order chi connectivity index (χ0) is 11.7. The number of nitrogens with zero attached hydrogens (tertiary/aromatic N) is 4. The van der Waals surface area contributed by atoms with Gasteiger partial charge in [0.1, 0.15) is 5.01 Å². The summed E-state index contributed by atoms with van der Waals surface area (Å²) in [5.74, 6) is 0.686. The summed E-state index contributed by atoms with van der Waals surface area (Å²) in [6.45, 7) is 3.81. The highest BCUT2D eigenvalue weighted by atomic mass is 32.1. The first kappa shape index (κ1) is 10.9. The van der Waals surface area contributed by atoms with Crippen molar-refractivity contribution >= 4 is 11.3 Å². The van der Waals surface area contributed by atoms with E-state index in [2.05, 4.69) is 33.6 Å². The average molecular weight is 249 g/mol. The van der Waals surface area contributed by atoms with Gasteiger partial charge in [-0.1, -0.05) is 18.3 Å². The van der Waals surface area contributed by atoms with Crippen molar-refractivity contribution in [2.24, 2.45) is 0 Å². The van der Waals surface area contributed by atoms with E-state index in [1.165, 1.54) is 18.5 Å². The van der Waals surface area contributed by atoms with Gasteiger partial charge in [-0.05, 0) is 25.5 Å². The van der Waals surface area contributed by atoms with Crippen molar-refractivity contribution in [3.05, 3.63) is 23.0 Å². The van der Waals surface area contributed by atoms with Crippen LogP contribution in [0.15, 0.2) is 12.3 Å². The third-order valence-corrected chi connectivity index (χ3v) is 3.70. The molecule has 5 nitrogen and oxygen atoms in total. The van der Waals surface area contributed by atoms with Crippen LogP contribution in [-0.2, 0) is 6.54 Å². The number of hydrogen-bond acceptors (Lipinski definition) is 5. The molecule has 90 valence electrons. The molecule has 1 fully saturated rings. The van der Waals surface area contributed by atoms with E-state index >= 15 is 0 Å². The predicted octanol–water partition coefficient (Wildman–Crippen LogP) is 1.71. The van der Waals surface area contributed by atoms with E-state index in [0.717, 1.165) is 23.2 Å². The Morgan fingerprint density at radius 2 is 2.35 bits per heavy atom. The number of aromatic nitrogens is 4. The van der Waals surface area contributed by atoms with Crippen molar-refractivity contribution < 1.29 is 0 Å². The summed E-state index contributed by atoms with van der Waals surface area (Å²) in [6.07, 6.45) is 4.53. The second-order valence-corrected chi connectivity index (χ2v) is 5.26. The van der Waals surface area contributed by atoms with Gasteiger partial charge >= 0.3 is 0 Å². The molecule has 1 saturated carbocycles. The van der Waals surface area contributed by atoms with Crippen LogP contribution in [-0.4, -0.2) is 26.5 Å². The van der Waals surface area contributed by atoms with Gasteiger partial charge in [0.2, 0.25) is 5.13 Å². The smallest absolute Gasteiger partial charge is 0.232 e. The molecule has 0 atom stereocenters. The molecular formula is C11H15N5S. The zero-order valence-electron chi connectivity index (χ0n) is 9.76. The summed E-state index contributed by atoms with van der Waals surface area (Å²) >= 11 is 1.59. The van der Waals surface area contributed by atoms with Gasteiger partial charge < -0.3 is 5.32 Å². The first-order valence-electron chi connectivity index (χ1n) is 5.96. The molecule has 0 spiro atoms. The molecule has 2 heterocycles. The highest BCUT2D eigenvalue weighted by Gasteiger charge is 2.26. The van der Waals surface area contributed by atoms with Crippen LogP contribution in [0, 0.1) is 0 Å². The SMILES string of the molecule is CCNCc1nnc(-n2ccc(C3CC3)n2)s1. The van der Waals surface area contributed by atoms with E-state index in [4.69, 9.17) is 0 Å². The number of nitrogens with one attached hydrogen (secondary N) is 1. The molecule has 1 aliphatic rings. The number of rotatable bonds is 5. The molecule has 2 aromatic rings. The van der Waals surface area contributed by atoms with E-state index < -0.39 is 0 Å². The molecule has 3 rings (SSSR count). The Hall–Kier alpha value is -1.27. The predicted molar refractivity (Wildman–Crippen MR) is 66.4 cm³/mol. The van der Waals surface area contributed by atoms with Crippen LogP contribution in [0.2, 0.25) is 0 Å². The maximum absolute atomic E-state index is 4.54. The van der Waals surface area contributed by atoms with E-state index in [9.17, 15) is 0 Å². The van der Waals surface area contributed by atoms with Gasteiger partial charge in [-0.15, -0.1) is 10.2 Å². The van der Waals surface area contributed by atoms with Crippen molar-refractivity contribution in [2.45, 2.75) is 32.2 Å². The third-order valence-electron chi connectivity index (χ3n) is 2.78. The van der Waals surface area contributed by atoms with Gasteiger partial charge in [0.05, 0.1) is 5.69 Å². The van der Waals surface area contributed by atoms with Crippen LogP contribution < -0.4 is 5.32 Å². The lowest BCUT2D eigenvalue weighted by Crippen LogP contribution is -2.11. The van der Waals surface area contributed by atoms with Crippen LogP contribution >= 0.6 is 11.3 Å². The lowest BCUT2D eigenvalue weighted by atomic mass is 10.3.